The minimum atomic E-state index is -1.17. The van der Waals surface area contributed by atoms with Crippen molar-refractivity contribution in [1.29, 1.82) is 0 Å². The van der Waals surface area contributed by atoms with Gasteiger partial charge in [0.1, 0.15) is 17.4 Å². The van der Waals surface area contributed by atoms with Crippen LogP contribution in [0.25, 0.3) is 0 Å². The fourth-order valence-electron chi connectivity index (χ4n) is 1.91. The number of hydrogen-bond donors (Lipinski definition) is 1. The number of fused-ring (bicyclic) bond motifs is 1. The smallest absolute Gasteiger partial charge is 0.340 e. The lowest BCUT2D eigenvalue weighted by Gasteiger charge is -2.26. The first-order valence-electron chi connectivity index (χ1n) is 5.68. The zero-order chi connectivity index (χ0) is 14.2. The number of hydrogen-bond acceptors (Lipinski definition) is 4. The van der Waals surface area contributed by atoms with Gasteiger partial charge in [0.15, 0.2) is 5.75 Å². The summed E-state index contributed by atoms with van der Waals surface area (Å²) < 4.78 is 10.4. The van der Waals surface area contributed by atoms with E-state index in [1.165, 1.54) is 12.1 Å². The summed E-state index contributed by atoms with van der Waals surface area (Å²) in [6.45, 7) is 3.47. The highest BCUT2D eigenvalue weighted by Crippen LogP contribution is 2.43. The molecule has 102 valence electrons. The van der Waals surface area contributed by atoms with Crippen molar-refractivity contribution in [2.24, 2.45) is 0 Å². The molecule has 0 aromatic heterocycles. The summed E-state index contributed by atoms with van der Waals surface area (Å²) >= 11 is 11.9. The van der Waals surface area contributed by atoms with Crippen LogP contribution >= 0.6 is 23.2 Å². The second-order valence-corrected chi connectivity index (χ2v) is 4.84. The van der Waals surface area contributed by atoms with E-state index in [1.54, 1.807) is 13.8 Å². The molecule has 1 N–H and O–H groups in total. The molecule has 1 heterocycles. The van der Waals surface area contributed by atoms with E-state index in [4.69, 9.17) is 32.7 Å². The van der Waals surface area contributed by atoms with Crippen LogP contribution in [0.15, 0.2) is 23.5 Å². The lowest BCUT2D eigenvalue weighted by atomic mass is 9.97. The van der Waals surface area contributed by atoms with Crippen LogP contribution in [0.1, 0.15) is 25.5 Å². The molecule has 0 spiro atoms. The number of aliphatic hydroxyl groups is 1. The van der Waals surface area contributed by atoms with Crippen LogP contribution in [0.3, 0.4) is 0 Å². The van der Waals surface area contributed by atoms with Gasteiger partial charge < -0.3 is 14.6 Å². The normalized spacial score (nSPS) is 17.8. The molecule has 1 unspecified atom stereocenters. The summed E-state index contributed by atoms with van der Waals surface area (Å²) in [6.07, 6.45) is -1.17. The largest absolute Gasteiger partial charge is 0.462 e. The van der Waals surface area contributed by atoms with Gasteiger partial charge in [0.2, 0.25) is 0 Å². The third kappa shape index (κ3) is 2.56. The summed E-state index contributed by atoms with van der Waals surface area (Å²) in [5, 5.41) is 10.9. The monoisotopic (exact) mass is 302 g/mol. The molecule has 0 radical (unpaired) electrons. The summed E-state index contributed by atoms with van der Waals surface area (Å²) in [6, 6.07) is 3.02. The Labute approximate surface area is 120 Å². The van der Waals surface area contributed by atoms with Crippen LogP contribution in [0.4, 0.5) is 0 Å². The van der Waals surface area contributed by atoms with Crippen molar-refractivity contribution in [3.05, 3.63) is 39.1 Å². The Morgan fingerprint density at radius 2 is 2.16 bits per heavy atom. The molecule has 1 aliphatic rings. The molecule has 0 saturated heterocycles. The van der Waals surface area contributed by atoms with Gasteiger partial charge in [0.05, 0.1) is 11.6 Å². The molecule has 4 nitrogen and oxygen atoms in total. The van der Waals surface area contributed by atoms with E-state index in [0.717, 1.165) is 0 Å². The van der Waals surface area contributed by atoms with Crippen molar-refractivity contribution in [2.75, 3.05) is 6.61 Å². The lowest BCUT2D eigenvalue weighted by Crippen LogP contribution is -2.22. The summed E-state index contributed by atoms with van der Waals surface area (Å²) in [5.41, 5.74) is 0.416. The van der Waals surface area contributed by atoms with Crippen molar-refractivity contribution in [3.63, 3.8) is 0 Å². The minimum Gasteiger partial charge on any atom is -0.462 e. The van der Waals surface area contributed by atoms with Crippen LogP contribution in [0.5, 0.6) is 5.75 Å². The molecule has 0 aliphatic carbocycles. The van der Waals surface area contributed by atoms with E-state index in [-0.39, 0.29) is 23.0 Å². The Morgan fingerprint density at radius 1 is 1.47 bits per heavy atom. The Kier molecular flexibility index (Phi) is 4.04. The van der Waals surface area contributed by atoms with Crippen molar-refractivity contribution in [3.8, 4) is 5.75 Å². The van der Waals surface area contributed by atoms with Crippen LogP contribution in [0, 0.1) is 0 Å². The van der Waals surface area contributed by atoms with Crippen LogP contribution < -0.4 is 4.74 Å². The summed E-state index contributed by atoms with van der Waals surface area (Å²) in [7, 11) is 0. The van der Waals surface area contributed by atoms with Gasteiger partial charge in [-0.15, -0.1) is 0 Å². The Bertz CT molecular complexity index is 566. The molecule has 1 atom stereocenters. The average Bonchev–Trinajstić information content (AvgIpc) is 2.31. The molecule has 1 aromatic carbocycles. The predicted molar refractivity (Wildman–Crippen MR) is 71.4 cm³/mol. The third-order valence-corrected chi connectivity index (χ3v) is 3.23. The van der Waals surface area contributed by atoms with Crippen molar-refractivity contribution in [1.82, 2.24) is 0 Å². The maximum atomic E-state index is 11.8. The summed E-state index contributed by atoms with van der Waals surface area (Å²) in [5.74, 6) is -0.0407. The second-order valence-electron chi connectivity index (χ2n) is 4.00. The van der Waals surface area contributed by atoms with Gasteiger partial charge >= 0.3 is 5.97 Å². The molecule has 6 heteroatoms. The van der Waals surface area contributed by atoms with Crippen LogP contribution in [-0.2, 0) is 9.53 Å². The number of rotatable bonds is 2. The predicted octanol–water partition coefficient (Wildman–Crippen LogP) is 3.26. The number of carbonyl (C=O) groups excluding carboxylic acids is 1. The van der Waals surface area contributed by atoms with Gasteiger partial charge in [-0.1, -0.05) is 23.2 Å². The van der Waals surface area contributed by atoms with Crippen molar-refractivity contribution in [2.45, 2.75) is 20.0 Å². The molecule has 0 saturated carbocycles. The molecule has 1 aliphatic heterocycles. The second kappa shape index (κ2) is 5.41. The van der Waals surface area contributed by atoms with Gasteiger partial charge in [-0.25, -0.2) is 4.79 Å². The first-order chi connectivity index (χ1) is 8.95. The number of allylic oxidation sites excluding steroid dienone is 1. The first-order valence-corrected chi connectivity index (χ1v) is 6.44. The third-order valence-electron chi connectivity index (χ3n) is 2.73. The van der Waals surface area contributed by atoms with E-state index in [9.17, 15) is 9.90 Å². The molecule has 0 bridgehead atoms. The lowest BCUT2D eigenvalue weighted by molar-refractivity contribution is -0.140. The van der Waals surface area contributed by atoms with E-state index in [0.29, 0.717) is 16.3 Å². The zero-order valence-corrected chi connectivity index (χ0v) is 11.9. The van der Waals surface area contributed by atoms with Gasteiger partial charge in [-0.3, -0.25) is 0 Å². The maximum Gasteiger partial charge on any atom is 0.340 e. The number of ether oxygens (including phenoxy) is 2. The molecule has 0 fully saturated rings. The highest BCUT2D eigenvalue weighted by molar-refractivity contribution is 6.35. The van der Waals surface area contributed by atoms with Gasteiger partial charge in [-0.05, 0) is 26.0 Å². The van der Waals surface area contributed by atoms with Gasteiger partial charge in [-0.2, -0.15) is 0 Å². The standard InChI is InChI=1S/C13H12Cl2O4/c1-3-18-13(17)10-6(2)19-12-8(11(10)16)4-7(14)5-9(12)15/h4-5,11,16H,3H2,1-2H3. The van der Waals surface area contributed by atoms with E-state index in [2.05, 4.69) is 0 Å². The van der Waals surface area contributed by atoms with Crippen LogP contribution in [-0.4, -0.2) is 17.7 Å². The van der Waals surface area contributed by atoms with E-state index < -0.39 is 12.1 Å². The highest BCUT2D eigenvalue weighted by atomic mass is 35.5. The number of benzene rings is 1. The van der Waals surface area contributed by atoms with E-state index >= 15 is 0 Å². The average molecular weight is 303 g/mol. The number of aliphatic hydroxyl groups excluding tert-OH is 1. The topological polar surface area (TPSA) is 55.8 Å². The quantitative estimate of drug-likeness (QED) is 0.852. The molecular weight excluding hydrogens is 291 g/mol. The number of carbonyl (C=O) groups is 1. The molecular formula is C13H12Cl2O4. The number of esters is 1. The fourth-order valence-corrected chi connectivity index (χ4v) is 2.46. The minimum absolute atomic E-state index is 0.0627. The van der Waals surface area contributed by atoms with Crippen LogP contribution in [0.2, 0.25) is 10.0 Å². The SMILES string of the molecule is CCOC(=O)C1=C(C)Oc2c(Cl)cc(Cl)cc2C1O. The molecule has 1 aromatic rings. The Morgan fingerprint density at radius 3 is 2.79 bits per heavy atom. The van der Waals surface area contributed by atoms with Crippen molar-refractivity contribution < 1.29 is 19.4 Å². The zero-order valence-electron chi connectivity index (χ0n) is 10.4. The Hall–Kier alpha value is -1.23. The van der Waals surface area contributed by atoms with Gasteiger partial charge in [0.25, 0.3) is 0 Å². The molecule has 19 heavy (non-hydrogen) atoms. The highest BCUT2D eigenvalue weighted by Gasteiger charge is 2.33. The maximum absolute atomic E-state index is 11.8. The van der Waals surface area contributed by atoms with Crippen molar-refractivity contribution >= 4 is 29.2 Å². The fraction of sp³-hybridized carbons (Fsp3) is 0.308. The van der Waals surface area contributed by atoms with E-state index in [1.807, 2.05) is 0 Å². The number of halogens is 2. The molecule has 2 rings (SSSR count). The first kappa shape index (κ1) is 14.2. The summed E-state index contributed by atoms with van der Waals surface area (Å²) in [4.78, 5) is 11.8. The molecule has 0 amide bonds. The Balaban J connectivity index is 2.49. The van der Waals surface area contributed by atoms with Gasteiger partial charge in [0, 0.05) is 10.6 Å².